The van der Waals surface area contributed by atoms with Gasteiger partial charge in [-0.15, -0.1) is 0 Å². The monoisotopic (exact) mass is 164 g/mol. The summed E-state index contributed by atoms with van der Waals surface area (Å²) in [6.45, 7) is 2.95. The standard InChI is InChI=1S/C6H9ClO3/c1-3(5(7)8)4(2)6(9)10/h3-4H,1-2H3,(H,9,10). The highest BCUT2D eigenvalue weighted by molar-refractivity contribution is 6.64. The molecule has 0 aromatic carbocycles. The Bertz CT molecular complexity index is 137. The molecule has 0 saturated carbocycles. The van der Waals surface area contributed by atoms with Crippen molar-refractivity contribution in [3.8, 4) is 0 Å². The Labute approximate surface area is 64.0 Å². The van der Waals surface area contributed by atoms with E-state index in [2.05, 4.69) is 0 Å². The zero-order valence-corrected chi connectivity index (χ0v) is 6.55. The van der Waals surface area contributed by atoms with Crippen LogP contribution in [0.25, 0.3) is 0 Å². The minimum absolute atomic E-state index is 0.602. The molecular weight excluding hydrogens is 156 g/mol. The summed E-state index contributed by atoms with van der Waals surface area (Å²) in [6.07, 6.45) is 0. The maximum absolute atomic E-state index is 10.4. The largest absolute Gasteiger partial charge is 0.481 e. The fraction of sp³-hybridized carbons (Fsp3) is 0.667. The fourth-order valence-corrected chi connectivity index (χ4v) is 0.599. The minimum Gasteiger partial charge on any atom is -0.481 e. The molecule has 3 nitrogen and oxygen atoms in total. The van der Waals surface area contributed by atoms with Gasteiger partial charge in [0.25, 0.3) is 0 Å². The summed E-state index contributed by atoms with van der Waals surface area (Å²) in [4.78, 5) is 20.6. The van der Waals surface area contributed by atoms with Crippen LogP contribution in [0.5, 0.6) is 0 Å². The topological polar surface area (TPSA) is 54.4 Å². The molecule has 0 amide bonds. The van der Waals surface area contributed by atoms with Gasteiger partial charge in [0.05, 0.1) is 5.92 Å². The number of carbonyl (C=O) groups is 2. The van der Waals surface area contributed by atoms with Crippen molar-refractivity contribution < 1.29 is 14.7 Å². The highest BCUT2D eigenvalue weighted by Crippen LogP contribution is 2.13. The Morgan fingerprint density at radius 1 is 1.30 bits per heavy atom. The Balaban J connectivity index is 4.07. The van der Waals surface area contributed by atoms with Gasteiger partial charge in [-0.25, -0.2) is 0 Å². The van der Waals surface area contributed by atoms with Gasteiger partial charge in [0.15, 0.2) is 0 Å². The van der Waals surface area contributed by atoms with Crippen LogP contribution < -0.4 is 0 Å². The van der Waals surface area contributed by atoms with Crippen LogP contribution in [-0.2, 0) is 9.59 Å². The lowest BCUT2D eigenvalue weighted by Gasteiger charge is -2.09. The van der Waals surface area contributed by atoms with Gasteiger partial charge in [0.1, 0.15) is 0 Å². The number of halogens is 1. The summed E-state index contributed by atoms with van der Waals surface area (Å²) in [7, 11) is 0. The molecule has 0 spiro atoms. The highest BCUT2D eigenvalue weighted by atomic mass is 35.5. The second-order valence-electron chi connectivity index (χ2n) is 2.22. The Hall–Kier alpha value is -0.570. The summed E-state index contributed by atoms with van der Waals surface area (Å²) in [5.74, 6) is -2.31. The van der Waals surface area contributed by atoms with E-state index in [1.807, 2.05) is 0 Å². The van der Waals surface area contributed by atoms with Gasteiger partial charge in [-0.1, -0.05) is 13.8 Å². The van der Waals surface area contributed by atoms with E-state index < -0.39 is 23.0 Å². The van der Waals surface area contributed by atoms with Gasteiger partial charge in [0.2, 0.25) is 5.24 Å². The van der Waals surface area contributed by atoms with E-state index in [1.165, 1.54) is 13.8 Å². The molecule has 2 unspecified atom stereocenters. The van der Waals surface area contributed by atoms with Crippen LogP contribution >= 0.6 is 11.6 Å². The number of rotatable bonds is 3. The van der Waals surface area contributed by atoms with Crippen LogP contribution in [0.2, 0.25) is 0 Å². The Morgan fingerprint density at radius 2 is 1.70 bits per heavy atom. The molecule has 0 heterocycles. The summed E-state index contributed by atoms with van der Waals surface area (Å²) in [5.41, 5.74) is 0. The molecule has 0 fully saturated rings. The van der Waals surface area contributed by atoms with E-state index in [1.54, 1.807) is 0 Å². The van der Waals surface area contributed by atoms with Crippen LogP contribution in [0.4, 0.5) is 0 Å². The summed E-state index contributed by atoms with van der Waals surface area (Å²) < 4.78 is 0. The van der Waals surface area contributed by atoms with Crippen molar-refractivity contribution >= 4 is 22.8 Å². The number of carbonyl (C=O) groups excluding carboxylic acids is 1. The van der Waals surface area contributed by atoms with E-state index >= 15 is 0 Å². The third-order valence-electron chi connectivity index (χ3n) is 1.50. The highest BCUT2D eigenvalue weighted by Gasteiger charge is 2.23. The zero-order chi connectivity index (χ0) is 8.31. The summed E-state index contributed by atoms with van der Waals surface area (Å²) >= 11 is 5.06. The van der Waals surface area contributed by atoms with E-state index in [9.17, 15) is 9.59 Å². The first-order valence-corrected chi connectivity index (χ1v) is 3.26. The minimum atomic E-state index is -0.999. The van der Waals surface area contributed by atoms with E-state index in [4.69, 9.17) is 16.7 Å². The predicted octanol–water partition coefficient (Wildman–Crippen LogP) is 1.11. The lowest BCUT2D eigenvalue weighted by Crippen LogP contribution is -2.22. The number of carboxylic acids is 1. The van der Waals surface area contributed by atoms with E-state index in [0.717, 1.165) is 0 Å². The maximum atomic E-state index is 10.4. The first-order valence-electron chi connectivity index (χ1n) is 2.89. The molecule has 2 atom stereocenters. The lowest BCUT2D eigenvalue weighted by atomic mass is 9.98. The zero-order valence-electron chi connectivity index (χ0n) is 5.80. The van der Waals surface area contributed by atoms with Crippen molar-refractivity contribution in [1.82, 2.24) is 0 Å². The van der Waals surface area contributed by atoms with Gasteiger partial charge in [0, 0.05) is 5.92 Å². The lowest BCUT2D eigenvalue weighted by molar-refractivity contribution is -0.144. The van der Waals surface area contributed by atoms with Crippen molar-refractivity contribution in [3.05, 3.63) is 0 Å². The van der Waals surface area contributed by atoms with Crippen LogP contribution in [0.3, 0.4) is 0 Å². The Kier molecular flexibility index (Phi) is 3.36. The SMILES string of the molecule is CC(C(=O)O)C(C)C(=O)Cl. The molecule has 4 heteroatoms. The second-order valence-corrected chi connectivity index (χ2v) is 2.59. The van der Waals surface area contributed by atoms with Crippen LogP contribution in [0.1, 0.15) is 13.8 Å². The Morgan fingerprint density at radius 3 is 1.80 bits per heavy atom. The van der Waals surface area contributed by atoms with Crippen LogP contribution in [0.15, 0.2) is 0 Å². The average Bonchev–Trinajstić information content (AvgIpc) is 1.84. The average molecular weight is 165 g/mol. The molecule has 0 aliphatic carbocycles. The quantitative estimate of drug-likeness (QED) is 0.636. The molecule has 0 aliphatic rings. The van der Waals surface area contributed by atoms with Crippen molar-refractivity contribution in [1.29, 1.82) is 0 Å². The van der Waals surface area contributed by atoms with E-state index in [0.29, 0.717) is 0 Å². The van der Waals surface area contributed by atoms with Gasteiger partial charge < -0.3 is 5.11 Å². The van der Waals surface area contributed by atoms with Gasteiger partial charge in [-0.3, -0.25) is 9.59 Å². The van der Waals surface area contributed by atoms with Crippen LogP contribution in [0, 0.1) is 11.8 Å². The normalized spacial score (nSPS) is 15.9. The molecule has 0 aliphatic heterocycles. The molecule has 1 N–H and O–H groups in total. The van der Waals surface area contributed by atoms with Crippen molar-refractivity contribution in [3.63, 3.8) is 0 Å². The molecule has 10 heavy (non-hydrogen) atoms. The molecular formula is C6H9ClO3. The van der Waals surface area contributed by atoms with Gasteiger partial charge >= 0.3 is 5.97 Å². The van der Waals surface area contributed by atoms with Gasteiger partial charge in [-0.05, 0) is 11.6 Å². The molecule has 0 aromatic heterocycles. The first-order chi connectivity index (χ1) is 4.46. The first kappa shape index (κ1) is 9.43. The number of aliphatic carboxylic acids is 1. The summed E-state index contributed by atoms with van der Waals surface area (Å²) in [5, 5.41) is 7.79. The molecule has 58 valence electrons. The molecule has 0 saturated heterocycles. The molecule has 0 bridgehead atoms. The van der Waals surface area contributed by atoms with Crippen molar-refractivity contribution in [2.75, 3.05) is 0 Å². The fourth-order valence-electron chi connectivity index (χ4n) is 0.410. The maximum Gasteiger partial charge on any atom is 0.306 e. The number of hydrogen-bond acceptors (Lipinski definition) is 2. The number of hydrogen-bond donors (Lipinski definition) is 1. The third-order valence-corrected chi connectivity index (χ3v) is 1.84. The van der Waals surface area contributed by atoms with Crippen LogP contribution in [-0.4, -0.2) is 16.3 Å². The van der Waals surface area contributed by atoms with Crippen molar-refractivity contribution in [2.45, 2.75) is 13.8 Å². The number of carboxylic acid groups (broad SMARTS) is 1. The second kappa shape index (κ2) is 3.56. The van der Waals surface area contributed by atoms with Crippen molar-refractivity contribution in [2.24, 2.45) is 11.8 Å². The predicted molar refractivity (Wildman–Crippen MR) is 36.8 cm³/mol. The summed E-state index contributed by atoms with van der Waals surface area (Å²) in [6, 6.07) is 0. The van der Waals surface area contributed by atoms with Gasteiger partial charge in [-0.2, -0.15) is 0 Å². The smallest absolute Gasteiger partial charge is 0.306 e. The molecule has 0 rings (SSSR count). The van der Waals surface area contributed by atoms with E-state index in [-0.39, 0.29) is 0 Å². The third kappa shape index (κ3) is 2.35. The molecule has 0 radical (unpaired) electrons. The molecule has 0 aromatic rings.